The first kappa shape index (κ1) is 37.7. The maximum Gasteiger partial charge on any atom is 0.0713 e. The number of fused-ring (bicyclic) bond motifs is 6. The van der Waals surface area contributed by atoms with Crippen molar-refractivity contribution >= 4 is 49.4 Å². The molecule has 0 amide bonds. The molecular weight excluding hydrogens is 771 g/mol. The molecule has 0 saturated heterocycles. The second kappa shape index (κ2) is 15.1. The molecule has 1 aliphatic rings. The van der Waals surface area contributed by atoms with E-state index < -0.39 is 5.41 Å². The first-order valence-electron chi connectivity index (χ1n) is 22.3. The van der Waals surface area contributed by atoms with E-state index in [0.717, 1.165) is 17.1 Å². The highest BCUT2D eigenvalue weighted by atomic mass is 15.1. The molecule has 0 fully saturated rings. The minimum Gasteiger partial charge on any atom is -0.310 e. The van der Waals surface area contributed by atoms with E-state index >= 15 is 0 Å². The van der Waals surface area contributed by atoms with E-state index in [1.165, 1.54) is 99.1 Å². The van der Waals surface area contributed by atoms with Crippen molar-refractivity contribution in [2.75, 3.05) is 4.90 Å². The van der Waals surface area contributed by atoms with Crippen molar-refractivity contribution in [3.8, 4) is 33.4 Å². The average Bonchev–Trinajstić information content (AvgIpc) is 3.64. The topological polar surface area (TPSA) is 3.24 Å². The maximum atomic E-state index is 2.51. The molecule has 11 aromatic carbocycles. The minimum absolute atomic E-state index is 0.485. The van der Waals surface area contributed by atoms with Crippen LogP contribution in [0.1, 0.15) is 33.4 Å². The van der Waals surface area contributed by atoms with Gasteiger partial charge >= 0.3 is 0 Å². The molecule has 64 heavy (non-hydrogen) atoms. The molecule has 0 bridgehead atoms. The van der Waals surface area contributed by atoms with Gasteiger partial charge in [0.1, 0.15) is 0 Å². The van der Waals surface area contributed by atoms with E-state index in [9.17, 15) is 0 Å². The fourth-order valence-corrected chi connectivity index (χ4v) is 11.0. The fraction of sp³-hybridized carbons (Fsp3) is 0.0476. The molecule has 1 heteroatoms. The fourth-order valence-electron chi connectivity index (χ4n) is 11.0. The van der Waals surface area contributed by atoms with E-state index in [1.54, 1.807) is 0 Å². The van der Waals surface area contributed by atoms with Crippen LogP contribution in [0.2, 0.25) is 0 Å². The zero-order valence-electron chi connectivity index (χ0n) is 36.0. The third kappa shape index (κ3) is 5.78. The Bertz CT molecular complexity index is 3440. The van der Waals surface area contributed by atoms with Crippen LogP contribution in [0.15, 0.2) is 237 Å². The first-order chi connectivity index (χ1) is 31.6. The number of aryl methyl sites for hydroxylation is 2. The molecule has 0 heterocycles. The van der Waals surface area contributed by atoms with Crippen molar-refractivity contribution in [2.24, 2.45) is 0 Å². The molecule has 1 nitrogen and oxygen atoms in total. The summed E-state index contributed by atoms with van der Waals surface area (Å²) < 4.78 is 0. The van der Waals surface area contributed by atoms with E-state index in [0.29, 0.717) is 0 Å². The van der Waals surface area contributed by atoms with Crippen LogP contribution in [0.5, 0.6) is 0 Å². The Morgan fingerprint density at radius 2 is 0.781 bits per heavy atom. The van der Waals surface area contributed by atoms with E-state index in [1.807, 2.05) is 0 Å². The van der Waals surface area contributed by atoms with Gasteiger partial charge in [-0.25, -0.2) is 0 Å². The predicted molar refractivity (Wildman–Crippen MR) is 271 cm³/mol. The van der Waals surface area contributed by atoms with Gasteiger partial charge < -0.3 is 4.90 Å². The zero-order chi connectivity index (χ0) is 42.8. The molecule has 0 aliphatic heterocycles. The summed E-state index contributed by atoms with van der Waals surface area (Å²) in [6, 6.07) is 88.0. The standard InChI is InChI=1S/C63H45N/c1-42-19-17-25-47(39-42)64(48-26-18-20-43(2)40-48)60-38-37-57(49-27-9-10-29-52(49)60)62-55-32-13-11-30-53(55)61(54-31-12-14-33-56(54)62)44-35-36-51-50-28-15-16-34-58(50)63(59(51)41-44,45-21-5-3-6-22-45)46-23-7-4-8-24-46/h3-41H,1-2H3. The van der Waals surface area contributed by atoms with Crippen molar-refractivity contribution < 1.29 is 0 Å². The Morgan fingerprint density at radius 3 is 1.36 bits per heavy atom. The van der Waals surface area contributed by atoms with Crippen LogP contribution in [-0.2, 0) is 5.41 Å². The van der Waals surface area contributed by atoms with Crippen molar-refractivity contribution in [3.05, 3.63) is 270 Å². The van der Waals surface area contributed by atoms with E-state index in [2.05, 4.69) is 255 Å². The van der Waals surface area contributed by atoms with Gasteiger partial charge in [0, 0.05) is 16.8 Å². The van der Waals surface area contributed by atoms with Crippen LogP contribution in [0.25, 0.3) is 65.7 Å². The molecule has 0 radical (unpaired) electrons. The molecule has 1 aliphatic carbocycles. The van der Waals surface area contributed by atoms with Crippen molar-refractivity contribution in [1.29, 1.82) is 0 Å². The normalized spacial score (nSPS) is 12.7. The minimum atomic E-state index is -0.485. The summed E-state index contributed by atoms with van der Waals surface area (Å²) in [5.41, 5.74) is 18.1. The number of hydrogen-bond acceptors (Lipinski definition) is 1. The van der Waals surface area contributed by atoms with E-state index in [4.69, 9.17) is 0 Å². The van der Waals surface area contributed by atoms with Gasteiger partial charge in [0.2, 0.25) is 0 Å². The molecule has 0 atom stereocenters. The van der Waals surface area contributed by atoms with Crippen LogP contribution >= 0.6 is 0 Å². The van der Waals surface area contributed by atoms with Gasteiger partial charge in [-0.1, -0.05) is 200 Å². The summed E-state index contributed by atoms with van der Waals surface area (Å²) in [6.45, 7) is 4.34. The first-order valence-corrected chi connectivity index (χ1v) is 22.3. The van der Waals surface area contributed by atoms with Crippen LogP contribution in [0.3, 0.4) is 0 Å². The zero-order valence-corrected chi connectivity index (χ0v) is 36.0. The summed E-state index contributed by atoms with van der Waals surface area (Å²) in [6.07, 6.45) is 0. The lowest BCUT2D eigenvalue weighted by Gasteiger charge is -2.34. The third-order valence-electron chi connectivity index (χ3n) is 13.6. The quantitative estimate of drug-likeness (QED) is 0.145. The SMILES string of the molecule is Cc1cccc(N(c2cccc(C)c2)c2ccc(-c3c4ccccc4c(-c4ccc5c(c4)C(c4ccccc4)(c4ccccc4)c4ccccc4-5)c4ccccc34)c3ccccc23)c1. The molecule has 0 saturated carbocycles. The summed E-state index contributed by atoms with van der Waals surface area (Å²) in [5, 5.41) is 7.39. The number of rotatable bonds is 7. The molecule has 0 aromatic heterocycles. The lowest BCUT2D eigenvalue weighted by molar-refractivity contribution is 0.769. The number of hydrogen-bond donors (Lipinski definition) is 0. The smallest absolute Gasteiger partial charge is 0.0713 e. The molecule has 302 valence electrons. The van der Waals surface area contributed by atoms with Crippen LogP contribution in [0, 0.1) is 13.8 Å². The number of benzene rings is 11. The van der Waals surface area contributed by atoms with Crippen molar-refractivity contribution in [2.45, 2.75) is 19.3 Å². The molecule has 0 spiro atoms. The van der Waals surface area contributed by atoms with Crippen molar-refractivity contribution in [3.63, 3.8) is 0 Å². The Labute approximate surface area is 375 Å². The Kier molecular flexibility index (Phi) is 8.91. The highest BCUT2D eigenvalue weighted by Crippen LogP contribution is 2.57. The largest absolute Gasteiger partial charge is 0.310 e. The van der Waals surface area contributed by atoms with Crippen LogP contribution in [-0.4, -0.2) is 0 Å². The summed E-state index contributed by atoms with van der Waals surface area (Å²) in [5.74, 6) is 0. The molecule has 11 aromatic rings. The second-order valence-electron chi connectivity index (χ2n) is 17.3. The highest BCUT2D eigenvalue weighted by Gasteiger charge is 2.46. The van der Waals surface area contributed by atoms with Gasteiger partial charge in [0.05, 0.1) is 11.1 Å². The van der Waals surface area contributed by atoms with Gasteiger partial charge in [-0.3, -0.25) is 0 Å². The molecule has 0 unspecified atom stereocenters. The monoisotopic (exact) mass is 815 g/mol. The number of nitrogens with zero attached hydrogens (tertiary/aromatic N) is 1. The maximum absolute atomic E-state index is 2.51. The van der Waals surface area contributed by atoms with Gasteiger partial charge in [0.15, 0.2) is 0 Å². The predicted octanol–water partition coefficient (Wildman–Crippen LogP) is 16.9. The summed E-state index contributed by atoms with van der Waals surface area (Å²) in [7, 11) is 0. The van der Waals surface area contributed by atoms with Crippen LogP contribution in [0.4, 0.5) is 17.1 Å². The van der Waals surface area contributed by atoms with Gasteiger partial charge in [0.25, 0.3) is 0 Å². The summed E-state index contributed by atoms with van der Waals surface area (Å²) >= 11 is 0. The molecular formula is C63H45N. The van der Waals surface area contributed by atoms with Crippen LogP contribution < -0.4 is 4.90 Å². The van der Waals surface area contributed by atoms with Gasteiger partial charge in [-0.2, -0.15) is 0 Å². The Morgan fingerprint density at radius 1 is 0.312 bits per heavy atom. The highest BCUT2D eigenvalue weighted by molar-refractivity contribution is 6.24. The average molecular weight is 816 g/mol. The number of anilines is 3. The molecule has 12 rings (SSSR count). The van der Waals surface area contributed by atoms with Crippen molar-refractivity contribution in [1.82, 2.24) is 0 Å². The lowest BCUT2D eigenvalue weighted by Crippen LogP contribution is -2.28. The summed E-state index contributed by atoms with van der Waals surface area (Å²) in [4.78, 5) is 2.42. The molecule has 0 N–H and O–H groups in total. The second-order valence-corrected chi connectivity index (χ2v) is 17.3. The van der Waals surface area contributed by atoms with E-state index in [-0.39, 0.29) is 0 Å². The lowest BCUT2D eigenvalue weighted by atomic mass is 9.67. The Balaban J connectivity index is 1.11. The van der Waals surface area contributed by atoms with Gasteiger partial charge in [-0.15, -0.1) is 0 Å². The van der Waals surface area contributed by atoms with Gasteiger partial charge in [-0.05, 0) is 144 Å². The third-order valence-corrected chi connectivity index (χ3v) is 13.6. The Hall–Kier alpha value is -8.00.